The molecule has 0 aliphatic heterocycles. The second-order valence-corrected chi connectivity index (χ2v) is 7.72. The van der Waals surface area contributed by atoms with E-state index in [0.29, 0.717) is 5.95 Å². The van der Waals surface area contributed by atoms with E-state index in [1.807, 2.05) is 29.2 Å². The molecule has 0 atom stereocenters. The number of aryl methyl sites for hydroxylation is 1. The maximum atomic E-state index is 12.8. The smallest absolute Gasteiger partial charge is 0.241 e. The first-order chi connectivity index (χ1) is 14.6. The van der Waals surface area contributed by atoms with Gasteiger partial charge in [0, 0.05) is 24.0 Å². The highest BCUT2D eigenvalue weighted by Gasteiger charge is 2.14. The number of benzene rings is 2. The summed E-state index contributed by atoms with van der Waals surface area (Å²) < 4.78 is 0. The molecule has 1 N–H and O–H groups in total. The van der Waals surface area contributed by atoms with Gasteiger partial charge in [-0.25, -0.2) is 9.97 Å². The van der Waals surface area contributed by atoms with Gasteiger partial charge in [-0.05, 0) is 31.9 Å². The minimum Gasteiger partial charge on any atom is -0.345 e. The molecule has 158 valence electrons. The van der Waals surface area contributed by atoms with Crippen LogP contribution < -0.4 is 5.32 Å². The molecule has 0 saturated carbocycles. The van der Waals surface area contributed by atoms with E-state index < -0.39 is 0 Å². The maximum absolute atomic E-state index is 12.8. The molecule has 1 amide bonds. The molecule has 30 heavy (non-hydrogen) atoms. The Hall–Kier alpha value is -2.95. The minimum atomic E-state index is 0.103. The molecule has 0 saturated heterocycles. The summed E-state index contributed by atoms with van der Waals surface area (Å²) in [4.78, 5) is 24.2. The van der Waals surface area contributed by atoms with Gasteiger partial charge in [-0.1, -0.05) is 68.7 Å². The normalized spacial score (nSPS) is 10.9. The number of carbonyl (C=O) groups excluding carboxylic acids is 1. The third-order valence-corrected chi connectivity index (χ3v) is 5.21. The van der Waals surface area contributed by atoms with Crippen LogP contribution >= 0.6 is 0 Å². The Bertz CT molecular complexity index is 964. The molecule has 0 radical (unpaired) electrons. The lowest BCUT2D eigenvalue weighted by molar-refractivity contribution is -0.129. The van der Waals surface area contributed by atoms with Crippen LogP contribution in [-0.2, 0) is 4.79 Å². The Balaban J connectivity index is 1.84. The molecule has 0 bridgehead atoms. The van der Waals surface area contributed by atoms with E-state index in [9.17, 15) is 4.79 Å². The van der Waals surface area contributed by atoms with Gasteiger partial charge in [0.1, 0.15) is 0 Å². The van der Waals surface area contributed by atoms with Crippen LogP contribution in [0.25, 0.3) is 22.2 Å². The van der Waals surface area contributed by atoms with E-state index in [1.165, 1.54) is 5.56 Å². The van der Waals surface area contributed by atoms with E-state index in [2.05, 4.69) is 55.3 Å². The zero-order chi connectivity index (χ0) is 21.3. The summed E-state index contributed by atoms with van der Waals surface area (Å²) in [7, 11) is 0. The molecule has 1 heterocycles. The maximum Gasteiger partial charge on any atom is 0.241 e. The van der Waals surface area contributed by atoms with Crippen molar-refractivity contribution in [2.75, 3.05) is 25.0 Å². The lowest BCUT2D eigenvalue weighted by Crippen LogP contribution is -2.37. The van der Waals surface area contributed by atoms with Crippen LogP contribution in [0.5, 0.6) is 0 Å². The third-order valence-electron chi connectivity index (χ3n) is 5.21. The number of amides is 1. The van der Waals surface area contributed by atoms with E-state index in [1.54, 1.807) is 0 Å². The molecule has 2 aromatic carbocycles. The molecule has 0 aliphatic rings. The minimum absolute atomic E-state index is 0.103. The Labute approximate surface area is 179 Å². The first kappa shape index (κ1) is 21.8. The average molecular weight is 405 g/mol. The predicted molar refractivity (Wildman–Crippen MR) is 125 cm³/mol. The van der Waals surface area contributed by atoms with Gasteiger partial charge >= 0.3 is 0 Å². The first-order valence-corrected chi connectivity index (χ1v) is 11.0. The summed E-state index contributed by atoms with van der Waals surface area (Å²) in [5.74, 6) is 0.593. The molecule has 3 aromatic rings. The largest absolute Gasteiger partial charge is 0.345 e. The number of unbranched alkanes of at least 4 members (excludes halogenated alkanes) is 2. The first-order valence-electron chi connectivity index (χ1n) is 11.0. The average Bonchev–Trinajstić information content (AvgIpc) is 2.77. The molecule has 0 spiro atoms. The number of hydrogen-bond acceptors (Lipinski definition) is 4. The van der Waals surface area contributed by atoms with Gasteiger partial charge in [-0.3, -0.25) is 4.79 Å². The highest BCUT2D eigenvalue weighted by atomic mass is 16.2. The van der Waals surface area contributed by atoms with Gasteiger partial charge in [0.05, 0.1) is 17.8 Å². The van der Waals surface area contributed by atoms with Gasteiger partial charge in [0.25, 0.3) is 0 Å². The van der Waals surface area contributed by atoms with Crippen molar-refractivity contribution in [1.29, 1.82) is 0 Å². The Kier molecular flexibility index (Phi) is 7.77. The van der Waals surface area contributed by atoms with Crippen molar-refractivity contribution >= 4 is 22.8 Å². The van der Waals surface area contributed by atoms with Gasteiger partial charge < -0.3 is 10.2 Å². The standard InChI is InChI=1S/C25H32N4O/c1-4-6-15-29(16-7-5-2)23(30)18-26-25-27-22-14-13-19(3)17-21(22)24(28-25)20-11-9-8-10-12-20/h8-14,17H,4-7,15-16,18H2,1-3H3,(H,26,27,28). The van der Waals surface area contributed by atoms with Crippen LogP contribution in [-0.4, -0.2) is 40.4 Å². The number of nitrogens with zero attached hydrogens (tertiary/aromatic N) is 3. The van der Waals surface area contributed by atoms with Crippen molar-refractivity contribution in [2.24, 2.45) is 0 Å². The van der Waals surface area contributed by atoms with Gasteiger partial charge in [-0.15, -0.1) is 0 Å². The lowest BCUT2D eigenvalue weighted by Gasteiger charge is -2.22. The van der Waals surface area contributed by atoms with Crippen molar-refractivity contribution in [1.82, 2.24) is 14.9 Å². The summed E-state index contributed by atoms with van der Waals surface area (Å²) in [5, 5.41) is 4.20. The Morgan fingerprint density at radius 2 is 1.67 bits per heavy atom. The topological polar surface area (TPSA) is 58.1 Å². The lowest BCUT2D eigenvalue weighted by atomic mass is 10.0. The van der Waals surface area contributed by atoms with Crippen LogP contribution in [0.2, 0.25) is 0 Å². The second-order valence-electron chi connectivity index (χ2n) is 7.72. The molecule has 1 aromatic heterocycles. The fraction of sp³-hybridized carbons (Fsp3) is 0.400. The second kappa shape index (κ2) is 10.7. The van der Waals surface area contributed by atoms with Crippen LogP contribution in [0.1, 0.15) is 45.1 Å². The van der Waals surface area contributed by atoms with E-state index >= 15 is 0 Å². The van der Waals surface area contributed by atoms with Crippen molar-refractivity contribution in [3.05, 3.63) is 54.1 Å². The summed E-state index contributed by atoms with van der Waals surface area (Å²) >= 11 is 0. The van der Waals surface area contributed by atoms with Gasteiger partial charge in [-0.2, -0.15) is 0 Å². The number of aromatic nitrogens is 2. The fourth-order valence-corrected chi connectivity index (χ4v) is 3.46. The summed E-state index contributed by atoms with van der Waals surface area (Å²) in [6.45, 7) is 8.19. The predicted octanol–water partition coefficient (Wildman–Crippen LogP) is 5.45. The van der Waals surface area contributed by atoms with E-state index in [-0.39, 0.29) is 12.5 Å². The number of carbonyl (C=O) groups is 1. The van der Waals surface area contributed by atoms with Crippen molar-refractivity contribution in [3.63, 3.8) is 0 Å². The van der Waals surface area contributed by atoms with Crippen molar-refractivity contribution in [2.45, 2.75) is 46.5 Å². The molecule has 0 unspecified atom stereocenters. The summed E-state index contributed by atoms with van der Waals surface area (Å²) in [5.41, 5.74) is 3.96. The molecule has 3 rings (SSSR count). The van der Waals surface area contributed by atoms with Gasteiger partial charge in [0.15, 0.2) is 0 Å². The molecular formula is C25H32N4O. The summed E-state index contributed by atoms with van der Waals surface area (Å²) in [6, 6.07) is 16.3. The van der Waals surface area contributed by atoms with Crippen LogP contribution in [0, 0.1) is 6.92 Å². The fourth-order valence-electron chi connectivity index (χ4n) is 3.46. The van der Waals surface area contributed by atoms with Crippen LogP contribution in [0.3, 0.4) is 0 Å². The van der Waals surface area contributed by atoms with Crippen LogP contribution in [0.15, 0.2) is 48.5 Å². The zero-order valence-corrected chi connectivity index (χ0v) is 18.3. The quantitative estimate of drug-likeness (QED) is 0.488. The number of hydrogen-bond donors (Lipinski definition) is 1. The molecule has 5 nitrogen and oxygen atoms in total. The number of nitrogens with one attached hydrogen (secondary N) is 1. The third kappa shape index (κ3) is 5.56. The number of rotatable bonds is 10. The van der Waals surface area contributed by atoms with Crippen LogP contribution in [0.4, 0.5) is 5.95 Å². The Morgan fingerprint density at radius 3 is 2.33 bits per heavy atom. The van der Waals surface area contributed by atoms with Crippen molar-refractivity contribution in [3.8, 4) is 11.3 Å². The van der Waals surface area contributed by atoms with Gasteiger partial charge in [0.2, 0.25) is 11.9 Å². The summed E-state index contributed by atoms with van der Waals surface area (Å²) in [6.07, 6.45) is 4.22. The Morgan fingerprint density at radius 1 is 0.967 bits per heavy atom. The monoisotopic (exact) mass is 404 g/mol. The molecule has 5 heteroatoms. The van der Waals surface area contributed by atoms with E-state index in [0.717, 1.165) is 60.9 Å². The number of fused-ring (bicyclic) bond motifs is 1. The molecule has 0 aliphatic carbocycles. The molecular weight excluding hydrogens is 372 g/mol. The molecule has 0 fully saturated rings. The van der Waals surface area contributed by atoms with Crippen molar-refractivity contribution < 1.29 is 4.79 Å². The highest BCUT2D eigenvalue weighted by molar-refractivity contribution is 5.93. The zero-order valence-electron chi connectivity index (χ0n) is 18.3. The number of anilines is 1. The van der Waals surface area contributed by atoms with E-state index in [4.69, 9.17) is 4.98 Å². The SMILES string of the molecule is CCCCN(CCCC)C(=O)CNc1nc(-c2ccccc2)c2cc(C)ccc2n1. The highest BCUT2D eigenvalue weighted by Crippen LogP contribution is 2.28.